The lowest BCUT2D eigenvalue weighted by Gasteiger charge is -2.16. The van der Waals surface area contributed by atoms with E-state index >= 15 is 0 Å². The zero-order valence-electron chi connectivity index (χ0n) is 14.5. The molecule has 0 saturated carbocycles. The summed E-state index contributed by atoms with van der Waals surface area (Å²) in [5.41, 5.74) is 8.72. The summed E-state index contributed by atoms with van der Waals surface area (Å²) < 4.78 is 5.69. The maximum atomic E-state index is 11.8. The number of ether oxygens (including phenoxy) is 1. The number of hydrogen-bond acceptors (Lipinski definition) is 5. The van der Waals surface area contributed by atoms with E-state index < -0.39 is 11.9 Å². The first-order chi connectivity index (χ1) is 11.9. The summed E-state index contributed by atoms with van der Waals surface area (Å²) in [5, 5.41) is 8.58. The van der Waals surface area contributed by atoms with Crippen LogP contribution in [0.25, 0.3) is 0 Å². The molecule has 1 atom stereocenters. The average molecular weight is 380 g/mol. The van der Waals surface area contributed by atoms with Crippen LogP contribution in [0.2, 0.25) is 0 Å². The zero-order chi connectivity index (χ0) is 18.4. The van der Waals surface area contributed by atoms with Gasteiger partial charge in [0.05, 0.1) is 6.04 Å². The summed E-state index contributed by atoms with van der Waals surface area (Å²) in [6.45, 7) is 0. The minimum atomic E-state index is -0.584. The number of carbonyl (C=O) groups is 2. The van der Waals surface area contributed by atoms with Gasteiger partial charge in [0, 0.05) is 19.7 Å². The van der Waals surface area contributed by atoms with Crippen LogP contribution in [0.4, 0.5) is 0 Å². The maximum Gasteiger partial charge on any atom is 0.274 e. The molecule has 0 bridgehead atoms. The topological polar surface area (TPSA) is 105 Å². The molecule has 26 heavy (non-hydrogen) atoms. The third-order valence-electron chi connectivity index (χ3n) is 3.59. The monoisotopic (exact) mass is 379 g/mol. The Morgan fingerprint density at radius 1 is 1.08 bits per heavy atom. The highest BCUT2D eigenvalue weighted by Crippen LogP contribution is 2.22. The van der Waals surface area contributed by atoms with Crippen molar-refractivity contribution < 1.29 is 19.5 Å². The molecule has 7 nitrogen and oxygen atoms in total. The Hall–Kier alpha value is -2.61. The van der Waals surface area contributed by atoms with E-state index in [-0.39, 0.29) is 18.3 Å². The van der Waals surface area contributed by atoms with Crippen LogP contribution < -0.4 is 16.0 Å². The van der Waals surface area contributed by atoms with Gasteiger partial charge in [-0.25, -0.2) is 5.48 Å². The molecule has 0 aliphatic carbocycles. The van der Waals surface area contributed by atoms with Gasteiger partial charge in [0.2, 0.25) is 5.91 Å². The number of nitrogens with one attached hydrogen (secondary N) is 1. The number of hydrogen-bond donors (Lipinski definition) is 3. The van der Waals surface area contributed by atoms with Gasteiger partial charge in [0.1, 0.15) is 11.5 Å². The fourth-order valence-electron chi connectivity index (χ4n) is 2.24. The van der Waals surface area contributed by atoms with E-state index in [4.69, 9.17) is 15.7 Å². The summed E-state index contributed by atoms with van der Waals surface area (Å²) in [7, 11) is 3.35. The summed E-state index contributed by atoms with van der Waals surface area (Å²) in [6, 6.07) is 13.0. The molecule has 140 valence electrons. The molecule has 2 rings (SSSR count). The number of amides is 2. The average Bonchev–Trinajstić information content (AvgIpc) is 2.62. The smallest absolute Gasteiger partial charge is 0.274 e. The van der Waals surface area contributed by atoms with Crippen LogP contribution in [0.3, 0.4) is 0 Å². The molecular formula is C18H22ClN3O4. The van der Waals surface area contributed by atoms with E-state index in [0.29, 0.717) is 23.5 Å². The lowest BCUT2D eigenvalue weighted by Crippen LogP contribution is -2.41. The van der Waals surface area contributed by atoms with Gasteiger partial charge < -0.3 is 15.4 Å². The number of halogens is 1. The molecule has 8 heteroatoms. The van der Waals surface area contributed by atoms with Crippen molar-refractivity contribution in [2.24, 2.45) is 5.73 Å². The Morgan fingerprint density at radius 2 is 1.58 bits per heavy atom. The van der Waals surface area contributed by atoms with Gasteiger partial charge in [0.25, 0.3) is 5.91 Å². The second-order valence-electron chi connectivity index (χ2n) is 5.75. The lowest BCUT2D eigenvalue weighted by molar-refractivity contribution is -0.130. The molecule has 0 aliphatic rings. The molecule has 4 N–H and O–H groups in total. The Balaban J connectivity index is 0.00000338. The first-order valence-corrected chi connectivity index (χ1v) is 7.68. The fraction of sp³-hybridized carbons (Fsp3) is 0.222. The second-order valence-corrected chi connectivity index (χ2v) is 5.75. The highest BCUT2D eigenvalue weighted by molar-refractivity contribution is 5.93. The molecule has 0 aliphatic heterocycles. The predicted octanol–water partition coefficient (Wildman–Crippen LogP) is 1.98. The zero-order valence-corrected chi connectivity index (χ0v) is 15.3. The van der Waals surface area contributed by atoms with Crippen LogP contribution in [0, 0.1) is 0 Å². The summed E-state index contributed by atoms with van der Waals surface area (Å²) in [6.07, 6.45) is 0.447. The maximum absolute atomic E-state index is 11.8. The van der Waals surface area contributed by atoms with Gasteiger partial charge in [-0.1, -0.05) is 12.1 Å². The molecule has 0 spiro atoms. The van der Waals surface area contributed by atoms with E-state index in [1.807, 2.05) is 12.1 Å². The number of carbonyl (C=O) groups excluding carboxylic acids is 2. The number of nitrogens with zero attached hydrogens (tertiary/aromatic N) is 1. The molecule has 0 saturated heterocycles. The summed E-state index contributed by atoms with van der Waals surface area (Å²) in [5.74, 6) is 0.476. The van der Waals surface area contributed by atoms with Gasteiger partial charge in [-0.15, -0.1) is 12.4 Å². The van der Waals surface area contributed by atoms with Gasteiger partial charge in [-0.2, -0.15) is 0 Å². The molecule has 2 aromatic rings. The van der Waals surface area contributed by atoms with Gasteiger partial charge in [0.15, 0.2) is 0 Å². The third-order valence-corrected chi connectivity index (χ3v) is 3.59. The summed E-state index contributed by atoms with van der Waals surface area (Å²) in [4.78, 5) is 24.5. The van der Waals surface area contributed by atoms with Crippen LogP contribution in [-0.2, 0) is 11.2 Å². The van der Waals surface area contributed by atoms with Crippen LogP contribution in [-0.4, -0.2) is 42.1 Å². The number of rotatable bonds is 6. The Kier molecular flexibility index (Phi) is 8.05. The summed E-state index contributed by atoms with van der Waals surface area (Å²) >= 11 is 0. The van der Waals surface area contributed by atoms with E-state index in [1.54, 1.807) is 56.0 Å². The number of likely N-dealkylation sites (N-methyl/N-ethyl adjacent to an activating group) is 1. The Labute approximate surface area is 158 Å². The van der Waals surface area contributed by atoms with E-state index in [9.17, 15) is 9.59 Å². The molecule has 2 amide bonds. The van der Waals surface area contributed by atoms with Crippen LogP contribution in [0.1, 0.15) is 15.9 Å². The lowest BCUT2D eigenvalue weighted by atomic mass is 10.1. The molecule has 0 fully saturated rings. The first-order valence-electron chi connectivity index (χ1n) is 7.68. The number of nitrogens with two attached hydrogens (primary N) is 1. The fourth-order valence-corrected chi connectivity index (χ4v) is 2.24. The van der Waals surface area contributed by atoms with Crippen LogP contribution >= 0.6 is 12.4 Å². The van der Waals surface area contributed by atoms with Crippen LogP contribution in [0.15, 0.2) is 48.5 Å². The van der Waals surface area contributed by atoms with Crippen molar-refractivity contribution in [1.82, 2.24) is 10.4 Å². The highest BCUT2D eigenvalue weighted by Gasteiger charge is 2.15. The van der Waals surface area contributed by atoms with E-state index in [2.05, 4.69) is 0 Å². The minimum absolute atomic E-state index is 0. The molecule has 1 unspecified atom stereocenters. The Morgan fingerprint density at radius 3 is 2.04 bits per heavy atom. The van der Waals surface area contributed by atoms with E-state index in [0.717, 1.165) is 5.56 Å². The van der Waals surface area contributed by atoms with Crippen molar-refractivity contribution in [3.05, 3.63) is 59.7 Å². The second kappa shape index (κ2) is 9.76. The van der Waals surface area contributed by atoms with Crippen molar-refractivity contribution in [2.45, 2.75) is 12.5 Å². The Bertz CT molecular complexity index is 733. The SMILES string of the molecule is CN(C)C(=O)C(N)Cc1ccc(Oc2ccc(C(=O)NO)cc2)cc1.Cl. The molecule has 2 aromatic carbocycles. The molecule has 0 heterocycles. The predicted molar refractivity (Wildman–Crippen MR) is 99.8 cm³/mol. The van der Waals surface area contributed by atoms with E-state index in [1.165, 1.54) is 4.90 Å². The first kappa shape index (κ1) is 21.4. The molecule has 0 radical (unpaired) electrons. The quantitative estimate of drug-likeness (QED) is 0.525. The van der Waals surface area contributed by atoms with Gasteiger partial charge in [-0.05, 0) is 48.4 Å². The normalized spacial score (nSPS) is 11.1. The van der Waals surface area contributed by atoms with Crippen molar-refractivity contribution in [1.29, 1.82) is 0 Å². The standard InChI is InChI=1S/C18H21N3O4.ClH/c1-21(2)18(23)16(19)11-12-3-7-14(8-4-12)25-15-9-5-13(6-10-15)17(22)20-24;/h3-10,16,24H,11,19H2,1-2H3,(H,20,22);1H. The van der Waals surface area contributed by atoms with Crippen molar-refractivity contribution in [3.63, 3.8) is 0 Å². The number of benzene rings is 2. The van der Waals surface area contributed by atoms with Gasteiger partial charge >= 0.3 is 0 Å². The van der Waals surface area contributed by atoms with Crippen molar-refractivity contribution >= 4 is 24.2 Å². The van der Waals surface area contributed by atoms with Crippen LogP contribution in [0.5, 0.6) is 11.5 Å². The number of hydroxylamine groups is 1. The third kappa shape index (κ3) is 5.73. The van der Waals surface area contributed by atoms with Crippen molar-refractivity contribution in [3.8, 4) is 11.5 Å². The van der Waals surface area contributed by atoms with Gasteiger partial charge in [-0.3, -0.25) is 14.8 Å². The largest absolute Gasteiger partial charge is 0.457 e. The molecular weight excluding hydrogens is 358 g/mol. The van der Waals surface area contributed by atoms with Crippen molar-refractivity contribution in [2.75, 3.05) is 14.1 Å². The highest BCUT2D eigenvalue weighted by atomic mass is 35.5. The minimum Gasteiger partial charge on any atom is -0.457 e. The molecule has 0 aromatic heterocycles.